The summed E-state index contributed by atoms with van der Waals surface area (Å²) in [6.07, 6.45) is 1.36. The molecule has 14 heavy (non-hydrogen) atoms. The Morgan fingerprint density at radius 2 is 1.79 bits per heavy atom. The van der Waals surface area contributed by atoms with Crippen LogP contribution < -0.4 is 17.3 Å². The van der Waals surface area contributed by atoms with E-state index >= 15 is 0 Å². The standard InChI is InChI=1S/C9H20N4O/c1-6(9(2,3)4)13(12)5-7(10)8(11)14/h5-6H,10,12H2,1-4H3,(H2,11,14)/b7-5-. The fourth-order valence-corrected chi connectivity index (χ4v) is 0.783. The molecule has 5 nitrogen and oxygen atoms in total. The van der Waals surface area contributed by atoms with Crippen molar-refractivity contribution < 1.29 is 4.79 Å². The molecule has 82 valence electrons. The molecule has 0 rings (SSSR count). The number of carbonyl (C=O) groups excluding carboxylic acids is 1. The summed E-state index contributed by atoms with van der Waals surface area (Å²) in [6.45, 7) is 8.09. The molecule has 0 bridgehead atoms. The first-order chi connectivity index (χ1) is 6.16. The highest BCUT2D eigenvalue weighted by molar-refractivity contribution is 5.90. The van der Waals surface area contributed by atoms with E-state index in [0.717, 1.165) is 0 Å². The van der Waals surface area contributed by atoms with Crippen molar-refractivity contribution in [3.8, 4) is 0 Å². The number of hydrogen-bond donors (Lipinski definition) is 3. The van der Waals surface area contributed by atoms with E-state index in [4.69, 9.17) is 17.3 Å². The lowest BCUT2D eigenvalue weighted by molar-refractivity contribution is -0.114. The molecule has 0 aliphatic rings. The van der Waals surface area contributed by atoms with Crippen LogP contribution in [-0.4, -0.2) is 17.0 Å². The number of primary amides is 1. The maximum atomic E-state index is 10.7. The molecule has 0 radical (unpaired) electrons. The molecule has 0 aromatic rings. The van der Waals surface area contributed by atoms with Gasteiger partial charge in [0.2, 0.25) is 0 Å². The van der Waals surface area contributed by atoms with E-state index in [1.54, 1.807) is 0 Å². The van der Waals surface area contributed by atoms with Gasteiger partial charge in [0.25, 0.3) is 5.91 Å². The fourth-order valence-electron chi connectivity index (χ4n) is 0.783. The summed E-state index contributed by atoms with van der Waals surface area (Å²) in [5, 5.41) is 1.40. The van der Waals surface area contributed by atoms with E-state index in [1.165, 1.54) is 11.2 Å². The Balaban J connectivity index is 4.57. The average Bonchev–Trinajstić information content (AvgIpc) is 2.00. The van der Waals surface area contributed by atoms with Crippen LogP contribution in [0.15, 0.2) is 11.9 Å². The Morgan fingerprint density at radius 1 is 1.36 bits per heavy atom. The molecule has 0 aromatic carbocycles. The highest BCUT2D eigenvalue weighted by Gasteiger charge is 2.23. The molecule has 0 aliphatic carbocycles. The minimum Gasteiger partial charge on any atom is -0.393 e. The number of nitrogens with zero attached hydrogens (tertiary/aromatic N) is 1. The van der Waals surface area contributed by atoms with Crippen molar-refractivity contribution in [2.24, 2.45) is 22.7 Å². The van der Waals surface area contributed by atoms with Crippen LogP contribution in [0.4, 0.5) is 0 Å². The monoisotopic (exact) mass is 200 g/mol. The summed E-state index contributed by atoms with van der Waals surface area (Å²) in [5.41, 5.74) is 10.3. The van der Waals surface area contributed by atoms with Gasteiger partial charge >= 0.3 is 0 Å². The van der Waals surface area contributed by atoms with Gasteiger partial charge in [-0.1, -0.05) is 20.8 Å². The van der Waals surface area contributed by atoms with Crippen LogP contribution >= 0.6 is 0 Å². The van der Waals surface area contributed by atoms with Crippen LogP contribution in [0.2, 0.25) is 0 Å². The molecule has 0 saturated heterocycles. The second-order valence-corrected chi connectivity index (χ2v) is 4.44. The van der Waals surface area contributed by atoms with Crippen molar-refractivity contribution in [3.05, 3.63) is 11.9 Å². The van der Waals surface area contributed by atoms with Crippen LogP contribution in [0.1, 0.15) is 27.7 Å². The maximum absolute atomic E-state index is 10.7. The van der Waals surface area contributed by atoms with Crippen molar-refractivity contribution in [2.75, 3.05) is 0 Å². The number of amides is 1. The predicted octanol–water partition coefficient (Wildman–Crippen LogP) is -0.118. The topological polar surface area (TPSA) is 98.4 Å². The molecule has 1 atom stereocenters. The second-order valence-electron chi connectivity index (χ2n) is 4.44. The van der Waals surface area contributed by atoms with E-state index in [2.05, 4.69) is 0 Å². The van der Waals surface area contributed by atoms with E-state index < -0.39 is 5.91 Å². The molecule has 1 unspecified atom stereocenters. The molecule has 6 N–H and O–H groups in total. The Bertz CT molecular complexity index is 242. The van der Waals surface area contributed by atoms with Gasteiger partial charge in [-0.15, -0.1) is 0 Å². The lowest BCUT2D eigenvalue weighted by Crippen LogP contribution is -2.44. The van der Waals surface area contributed by atoms with E-state index in [0.29, 0.717) is 0 Å². The van der Waals surface area contributed by atoms with E-state index in [-0.39, 0.29) is 17.2 Å². The van der Waals surface area contributed by atoms with Gasteiger partial charge in [0.15, 0.2) is 0 Å². The molecule has 5 heteroatoms. The molecular formula is C9H20N4O. The van der Waals surface area contributed by atoms with Gasteiger partial charge in [0, 0.05) is 12.2 Å². The number of hydrazine groups is 1. The summed E-state index contributed by atoms with van der Waals surface area (Å²) < 4.78 is 0. The average molecular weight is 200 g/mol. The number of hydrogen-bond acceptors (Lipinski definition) is 4. The minimum absolute atomic E-state index is 0.00315. The first kappa shape index (κ1) is 12.8. The molecular weight excluding hydrogens is 180 g/mol. The van der Waals surface area contributed by atoms with Crippen LogP contribution in [0, 0.1) is 5.41 Å². The van der Waals surface area contributed by atoms with Crippen LogP contribution in [-0.2, 0) is 4.79 Å². The molecule has 0 heterocycles. The van der Waals surface area contributed by atoms with E-state index in [9.17, 15) is 4.79 Å². The van der Waals surface area contributed by atoms with Gasteiger partial charge in [-0.05, 0) is 12.3 Å². The van der Waals surface area contributed by atoms with Crippen LogP contribution in [0.5, 0.6) is 0 Å². The van der Waals surface area contributed by atoms with Gasteiger partial charge in [-0.25, -0.2) is 5.84 Å². The second kappa shape index (κ2) is 4.32. The Labute approximate surface area is 84.9 Å². The highest BCUT2D eigenvalue weighted by Crippen LogP contribution is 2.22. The van der Waals surface area contributed by atoms with Crippen molar-refractivity contribution in [1.82, 2.24) is 5.01 Å². The summed E-state index contributed by atoms with van der Waals surface area (Å²) >= 11 is 0. The number of rotatable bonds is 3. The lowest BCUT2D eigenvalue weighted by Gasteiger charge is -2.34. The quantitative estimate of drug-likeness (QED) is 0.336. The number of carbonyl (C=O) groups is 1. The fraction of sp³-hybridized carbons (Fsp3) is 0.667. The minimum atomic E-state index is -0.665. The predicted molar refractivity (Wildman–Crippen MR) is 56.4 cm³/mol. The highest BCUT2D eigenvalue weighted by atomic mass is 16.1. The zero-order chi connectivity index (χ0) is 11.5. The lowest BCUT2D eigenvalue weighted by atomic mass is 9.88. The molecule has 0 spiro atoms. The largest absolute Gasteiger partial charge is 0.393 e. The third-order valence-corrected chi connectivity index (χ3v) is 2.27. The summed E-state index contributed by atoms with van der Waals surface area (Å²) in [7, 11) is 0. The maximum Gasteiger partial charge on any atom is 0.266 e. The molecule has 0 fully saturated rings. The van der Waals surface area contributed by atoms with Crippen molar-refractivity contribution in [1.29, 1.82) is 0 Å². The molecule has 0 aromatic heterocycles. The first-order valence-electron chi connectivity index (χ1n) is 4.46. The Hall–Kier alpha value is -1.23. The summed E-state index contributed by atoms with van der Waals surface area (Å²) in [5.74, 6) is 5.05. The van der Waals surface area contributed by atoms with Crippen LogP contribution in [0.3, 0.4) is 0 Å². The van der Waals surface area contributed by atoms with Gasteiger partial charge in [0.1, 0.15) is 5.70 Å². The number of nitrogens with two attached hydrogens (primary N) is 3. The third kappa shape index (κ3) is 3.66. The van der Waals surface area contributed by atoms with Gasteiger partial charge in [-0.3, -0.25) is 4.79 Å². The molecule has 1 amide bonds. The molecule has 0 saturated carbocycles. The van der Waals surface area contributed by atoms with Gasteiger partial charge in [0.05, 0.1) is 0 Å². The summed E-state index contributed by atoms with van der Waals surface area (Å²) in [6, 6.07) is 0.0559. The Morgan fingerprint density at radius 3 is 2.07 bits per heavy atom. The van der Waals surface area contributed by atoms with E-state index in [1.807, 2.05) is 27.7 Å². The van der Waals surface area contributed by atoms with Crippen molar-refractivity contribution >= 4 is 5.91 Å². The van der Waals surface area contributed by atoms with Gasteiger partial charge in [-0.2, -0.15) is 0 Å². The smallest absolute Gasteiger partial charge is 0.266 e. The molecule has 0 aliphatic heterocycles. The summed E-state index contributed by atoms with van der Waals surface area (Å²) in [4.78, 5) is 10.7. The SMILES string of the molecule is CC(N(N)/C=C(\N)C(N)=O)C(C)(C)C. The van der Waals surface area contributed by atoms with Crippen molar-refractivity contribution in [2.45, 2.75) is 33.7 Å². The zero-order valence-electron chi connectivity index (χ0n) is 9.24. The normalized spacial score (nSPS) is 15.1. The first-order valence-corrected chi connectivity index (χ1v) is 4.46. The van der Waals surface area contributed by atoms with Crippen LogP contribution in [0.25, 0.3) is 0 Å². The Kier molecular flexibility index (Phi) is 3.94. The van der Waals surface area contributed by atoms with Crippen molar-refractivity contribution in [3.63, 3.8) is 0 Å². The van der Waals surface area contributed by atoms with Gasteiger partial charge < -0.3 is 16.5 Å². The third-order valence-electron chi connectivity index (χ3n) is 2.27. The zero-order valence-corrected chi connectivity index (χ0v) is 9.24.